The van der Waals surface area contributed by atoms with Gasteiger partial charge in [0, 0.05) is 12.6 Å². The minimum atomic E-state index is -0.570. The summed E-state index contributed by atoms with van der Waals surface area (Å²) in [6.45, 7) is 6.39. The van der Waals surface area contributed by atoms with E-state index in [1.165, 1.54) is 0 Å². The molecular formula is C12H19NO2. The highest BCUT2D eigenvalue weighted by Gasteiger charge is 2.09. The van der Waals surface area contributed by atoms with E-state index in [1.54, 1.807) is 6.07 Å². The van der Waals surface area contributed by atoms with Crippen LogP contribution in [0.2, 0.25) is 0 Å². The molecule has 0 aliphatic rings. The summed E-state index contributed by atoms with van der Waals surface area (Å²) >= 11 is 0. The molecule has 0 aliphatic heterocycles. The zero-order valence-corrected chi connectivity index (χ0v) is 9.49. The van der Waals surface area contributed by atoms with Crippen molar-refractivity contribution >= 4 is 0 Å². The number of aliphatic hydroxyl groups is 1. The van der Waals surface area contributed by atoms with Crippen LogP contribution >= 0.6 is 0 Å². The Labute approximate surface area is 90.8 Å². The molecule has 0 amide bonds. The summed E-state index contributed by atoms with van der Waals surface area (Å²) in [6, 6.07) is 5.60. The van der Waals surface area contributed by atoms with Crippen LogP contribution in [-0.2, 0) is 0 Å². The van der Waals surface area contributed by atoms with E-state index in [0.717, 1.165) is 11.1 Å². The molecule has 1 unspecified atom stereocenters. The van der Waals surface area contributed by atoms with Crippen LogP contribution in [0.3, 0.4) is 0 Å². The summed E-state index contributed by atoms with van der Waals surface area (Å²) in [5.41, 5.74) is 1.56. The molecule has 0 aromatic heterocycles. The van der Waals surface area contributed by atoms with Gasteiger partial charge >= 0.3 is 0 Å². The Bertz CT molecular complexity index is 323. The second-order valence-corrected chi connectivity index (χ2v) is 4.12. The molecule has 3 nitrogen and oxygen atoms in total. The smallest absolute Gasteiger partial charge is 0.118 e. The van der Waals surface area contributed by atoms with E-state index in [9.17, 15) is 10.2 Å². The van der Waals surface area contributed by atoms with Crippen LogP contribution in [0, 0.1) is 6.92 Å². The highest BCUT2D eigenvalue weighted by Crippen LogP contribution is 2.21. The summed E-state index contributed by atoms with van der Waals surface area (Å²) in [6.07, 6.45) is -0.570. The molecule has 3 N–H and O–H groups in total. The fraction of sp³-hybridized carbons (Fsp3) is 0.500. The van der Waals surface area contributed by atoms with Gasteiger partial charge in [-0.2, -0.15) is 0 Å². The van der Waals surface area contributed by atoms with E-state index in [-0.39, 0.29) is 5.75 Å². The van der Waals surface area contributed by atoms with Crippen molar-refractivity contribution in [3.8, 4) is 5.75 Å². The molecule has 1 rings (SSSR count). The van der Waals surface area contributed by atoms with E-state index < -0.39 is 6.10 Å². The summed E-state index contributed by atoms with van der Waals surface area (Å²) in [5, 5.41) is 22.5. The number of aliphatic hydroxyl groups excluding tert-OH is 1. The average Bonchev–Trinajstić information content (AvgIpc) is 2.18. The Hall–Kier alpha value is -1.06. The summed E-state index contributed by atoms with van der Waals surface area (Å²) in [5.74, 6) is 0.232. The molecule has 0 radical (unpaired) electrons. The molecule has 0 saturated heterocycles. The number of rotatable bonds is 4. The molecule has 1 aromatic rings. The highest BCUT2D eigenvalue weighted by atomic mass is 16.3. The van der Waals surface area contributed by atoms with Gasteiger partial charge in [0.2, 0.25) is 0 Å². The first-order chi connectivity index (χ1) is 7.00. The number of hydrogen-bond acceptors (Lipinski definition) is 3. The van der Waals surface area contributed by atoms with Crippen molar-refractivity contribution in [1.29, 1.82) is 0 Å². The number of phenolic OH excluding ortho intramolecular Hbond substituents is 1. The van der Waals surface area contributed by atoms with Gasteiger partial charge in [0.15, 0.2) is 0 Å². The van der Waals surface area contributed by atoms with Crippen LogP contribution in [-0.4, -0.2) is 22.8 Å². The molecule has 84 valence electrons. The fourth-order valence-corrected chi connectivity index (χ4v) is 1.30. The number of aromatic hydroxyl groups is 1. The molecule has 0 fully saturated rings. The molecule has 0 saturated carbocycles. The number of aryl methyl sites for hydroxylation is 1. The van der Waals surface area contributed by atoms with Crippen molar-refractivity contribution in [2.45, 2.75) is 32.9 Å². The minimum absolute atomic E-state index is 0.232. The van der Waals surface area contributed by atoms with Crippen LogP contribution in [0.25, 0.3) is 0 Å². The lowest BCUT2D eigenvalue weighted by Crippen LogP contribution is -2.27. The van der Waals surface area contributed by atoms with Gasteiger partial charge in [-0.25, -0.2) is 0 Å². The molecule has 1 atom stereocenters. The van der Waals surface area contributed by atoms with Crippen LogP contribution < -0.4 is 5.32 Å². The number of benzene rings is 1. The Morgan fingerprint density at radius 1 is 1.33 bits per heavy atom. The molecular weight excluding hydrogens is 190 g/mol. The first-order valence-corrected chi connectivity index (χ1v) is 5.21. The average molecular weight is 209 g/mol. The van der Waals surface area contributed by atoms with E-state index in [0.29, 0.717) is 12.6 Å². The molecule has 1 aromatic carbocycles. The lowest BCUT2D eigenvalue weighted by atomic mass is 10.1. The van der Waals surface area contributed by atoms with Crippen LogP contribution in [0.1, 0.15) is 31.1 Å². The zero-order valence-electron chi connectivity index (χ0n) is 9.49. The van der Waals surface area contributed by atoms with E-state index in [2.05, 4.69) is 5.32 Å². The van der Waals surface area contributed by atoms with Gasteiger partial charge in [-0.3, -0.25) is 0 Å². The third-order valence-corrected chi connectivity index (χ3v) is 2.34. The molecule has 0 aliphatic carbocycles. The van der Waals surface area contributed by atoms with E-state index in [1.807, 2.05) is 32.9 Å². The monoisotopic (exact) mass is 209 g/mol. The quantitative estimate of drug-likeness (QED) is 0.708. The number of hydrogen-bond donors (Lipinski definition) is 3. The SMILES string of the molecule is Cc1ccc(C(O)CNC(C)C)cc1O. The van der Waals surface area contributed by atoms with Crippen LogP contribution in [0.5, 0.6) is 5.75 Å². The Morgan fingerprint density at radius 3 is 2.53 bits per heavy atom. The molecule has 0 bridgehead atoms. The second-order valence-electron chi connectivity index (χ2n) is 4.12. The Balaban J connectivity index is 2.65. The van der Waals surface area contributed by atoms with Crippen LogP contribution in [0.4, 0.5) is 0 Å². The predicted molar refractivity (Wildman–Crippen MR) is 60.9 cm³/mol. The van der Waals surface area contributed by atoms with Crippen molar-refractivity contribution in [3.05, 3.63) is 29.3 Å². The van der Waals surface area contributed by atoms with Gasteiger partial charge in [0.05, 0.1) is 6.10 Å². The van der Waals surface area contributed by atoms with Crippen molar-refractivity contribution in [2.75, 3.05) is 6.54 Å². The summed E-state index contributed by atoms with van der Waals surface area (Å²) in [4.78, 5) is 0. The van der Waals surface area contributed by atoms with Gasteiger partial charge < -0.3 is 15.5 Å². The predicted octanol–water partition coefficient (Wildman–Crippen LogP) is 1.73. The standard InChI is InChI=1S/C12H19NO2/c1-8(2)13-7-12(15)10-5-4-9(3)11(14)6-10/h4-6,8,12-15H,7H2,1-3H3. The van der Waals surface area contributed by atoms with Crippen molar-refractivity contribution in [1.82, 2.24) is 5.32 Å². The highest BCUT2D eigenvalue weighted by molar-refractivity contribution is 5.36. The lowest BCUT2D eigenvalue weighted by molar-refractivity contribution is 0.171. The number of nitrogens with one attached hydrogen (secondary N) is 1. The van der Waals surface area contributed by atoms with Crippen molar-refractivity contribution < 1.29 is 10.2 Å². The lowest BCUT2D eigenvalue weighted by Gasteiger charge is -2.15. The topological polar surface area (TPSA) is 52.5 Å². The maximum Gasteiger partial charge on any atom is 0.118 e. The van der Waals surface area contributed by atoms with E-state index >= 15 is 0 Å². The second kappa shape index (κ2) is 5.14. The largest absolute Gasteiger partial charge is 0.508 e. The van der Waals surface area contributed by atoms with Gasteiger partial charge in [0.25, 0.3) is 0 Å². The van der Waals surface area contributed by atoms with Crippen molar-refractivity contribution in [2.24, 2.45) is 0 Å². The third kappa shape index (κ3) is 3.53. The van der Waals surface area contributed by atoms with Crippen molar-refractivity contribution in [3.63, 3.8) is 0 Å². The minimum Gasteiger partial charge on any atom is -0.508 e. The maximum absolute atomic E-state index is 9.81. The summed E-state index contributed by atoms with van der Waals surface area (Å²) < 4.78 is 0. The van der Waals surface area contributed by atoms with Crippen LogP contribution in [0.15, 0.2) is 18.2 Å². The summed E-state index contributed by atoms with van der Waals surface area (Å²) in [7, 11) is 0. The van der Waals surface area contributed by atoms with Gasteiger partial charge in [-0.1, -0.05) is 26.0 Å². The Morgan fingerprint density at radius 2 is 2.00 bits per heavy atom. The van der Waals surface area contributed by atoms with E-state index in [4.69, 9.17) is 0 Å². The first kappa shape index (κ1) is 12.0. The Kier molecular flexibility index (Phi) is 4.12. The van der Waals surface area contributed by atoms with Gasteiger partial charge in [0.1, 0.15) is 5.75 Å². The van der Waals surface area contributed by atoms with Gasteiger partial charge in [-0.05, 0) is 24.1 Å². The molecule has 0 spiro atoms. The first-order valence-electron chi connectivity index (χ1n) is 5.21. The maximum atomic E-state index is 9.81. The number of phenols is 1. The van der Waals surface area contributed by atoms with Gasteiger partial charge in [-0.15, -0.1) is 0 Å². The fourth-order valence-electron chi connectivity index (χ4n) is 1.30. The molecule has 15 heavy (non-hydrogen) atoms. The normalized spacial score (nSPS) is 13.1. The zero-order chi connectivity index (χ0) is 11.4. The molecule has 0 heterocycles. The third-order valence-electron chi connectivity index (χ3n) is 2.34. The molecule has 3 heteroatoms.